The molecule has 18 heavy (non-hydrogen) atoms. The largest absolute Gasteiger partial charge is 0.401 e. The molecular weight excluding hydrogens is 264 g/mol. The molecule has 0 bridgehead atoms. The molecule has 2 N–H and O–H groups in total. The Morgan fingerprint density at radius 2 is 1.39 bits per heavy atom. The molecule has 0 radical (unpaired) electrons. The first kappa shape index (κ1) is 17.5. The summed E-state index contributed by atoms with van der Waals surface area (Å²) in [5.74, 6) is -3.50. The Balaban J connectivity index is 4.76. The Labute approximate surface area is 101 Å². The van der Waals surface area contributed by atoms with Gasteiger partial charge in [-0.15, -0.1) is 0 Å². The van der Waals surface area contributed by atoms with Crippen molar-refractivity contribution in [2.75, 3.05) is 7.11 Å². The lowest BCUT2D eigenvalue weighted by Crippen LogP contribution is -2.49. The van der Waals surface area contributed by atoms with E-state index in [0.717, 1.165) is 0 Å². The van der Waals surface area contributed by atoms with Crippen LogP contribution in [0.15, 0.2) is 0 Å². The number of alkyl halides is 6. The Hall–Kier alpha value is -0.500. The summed E-state index contributed by atoms with van der Waals surface area (Å²) in [7, 11) is 1.33. The van der Waals surface area contributed by atoms with E-state index in [0.29, 0.717) is 0 Å². The van der Waals surface area contributed by atoms with E-state index in [1.54, 1.807) is 13.8 Å². The molecule has 0 amide bonds. The van der Waals surface area contributed by atoms with Crippen molar-refractivity contribution in [2.24, 2.45) is 11.7 Å². The van der Waals surface area contributed by atoms with Gasteiger partial charge in [0.15, 0.2) is 5.92 Å². The van der Waals surface area contributed by atoms with E-state index in [2.05, 4.69) is 0 Å². The molecule has 0 aliphatic rings. The van der Waals surface area contributed by atoms with Crippen LogP contribution in [-0.2, 0) is 4.74 Å². The maximum atomic E-state index is 12.3. The summed E-state index contributed by atoms with van der Waals surface area (Å²) in [6, 6.07) is -2.03. The van der Waals surface area contributed by atoms with Gasteiger partial charge in [-0.3, -0.25) is 0 Å². The van der Waals surface area contributed by atoms with E-state index in [1.165, 1.54) is 7.11 Å². The minimum absolute atomic E-state index is 0.00727. The summed E-state index contributed by atoms with van der Waals surface area (Å²) >= 11 is 0. The van der Waals surface area contributed by atoms with Gasteiger partial charge in [-0.05, 0) is 26.7 Å². The van der Waals surface area contributed by atoms with Crippen molar-refractivity contribution in [1.82, 2.24) is 0 Å². The molecule has 0 rings (SSSR count). The third-order valence-electron chi connectivity index (χ3n) is 2.77. The lowest BCUT2D eigenvalue weighted by molar-refractivity contribution is -0.290. The van der Waals surface area contributed by atoms with Crippen LogP contribution < -0.4 is 5.73 Å². The fraction of sp³-hybridized carbons (Fsp3) is 1.00. The van der Waals surface area contributed by atoms with E-state index in [1.807, 2.05) is 0 Å². The second kappa shape index (κ2) is 5.64. The van der Waals surface area contributed by atoms with Gasteiger partial charge in [0.1, 0.15) is 0 Å². The summed E-state index contributed by atoms with van der Waals surface area (Å²) in [5, 5.41) is 0. The maximum absolute atomic E-state index is 12.3. The highest BCUT2D eigenvalue weighted by Crippen LogP contribution is 2.42. The molecule has 0 aromatic heterocycles. The molecule has 2 nitrogen and oxygen atoms in total. The van der Waals surface area contributed by atoms with Crippen LogP contribution in [-0.4, -0.2) is 31.1 Å². The molecule has 1 unspecified atom stereocenters. The zero-order valence-electron chi connectivity index (χ0n) is 10.3. The van der Waals surface area contributed by atoms with Gasteiger partial charge in [-0.25, -0.2) is 0 Å². The zero-order chi connectivity index (χ0) is 14.8. The number of halogens is 6. The Morgan fingerprint density at radius 3 is 1.67 bits per heavy atom. The zero-order valence-corrected chi connectivity index (χ0v) is 10.3. The molecule has 0 spiro atoms. The van der Waals surface area contributed by atoms with Gasteiger partial charge in [0.25, 0.3) is 0 Å². The van der Waals surface area contributed by atoms with E-state index < -0.39 is 36.3 Å². The molecule has 110 valence electrons. The third kappa shape index (κ3) is 5.43. The van der Waals surface area contributed by atoms with E-state index in [4.69, 9.17) is 10.5 Å². The molecule has 0 heterocycles. The predicted octanol–water partition coefficient (Wildman–Crippen LogP) is 3.26. The molecule has 8 heteroatoms. The number of ether oxygens (including phenoxy) is 1. The van der Waals surface area contributed by atoms with Gasteiger partial charge >= 0.3 is 12.4 Å². The highest BCUT2D eigenvalue weighted by molar-refractivity contribution is 4.86. The minimum Gasteiger partial charge on any atom is -0.379 e. The van der Waals surface area contributed by atoms with Crippen LogP contribution in [0.25, 0.3) is 0 Å². The van der Waals surface area contributed by atoms with E-state index >= 15 is 0 Å². The number of rotatable bonds is 5. The lowest BCUT2D eigenvalue weighted by Gasteiger charge is -2.30. The smallest absolute Gasteiger partial charge is 0.379 e. The van der Waals surface area contributed by atoms with Crippen LogP contribution in [0.5, 0.6) is 0 Å². The Bertz CT molecular complexity index is 246. The average Bonchev–Trinajstić information content (AvgIpc) is 2.10. The monoisotopic (exact) mass is 281 g/mol. The normalized spacial score (nSPS) is 16.2. The first-order chi connectivity index (χ1) is 7.81. The first-order valence-corrected chi connectivity index (χ1v) is 5.25. The summed E-state index contributed by atoms with van der Waals surface area (Å²) in [6.45, 7) is 3.13. The summed E-state index contributed by atoms with van der Waals surface area (Å²) < 4.78 is 78.9. The van der Waals surface area contributed by atoms with E-state index in [-0.39, 0.29) is 6.42 Å². The molecule has 1 atom stereocenters. The van der Waals surface area contributed by atoms with Crippen molar-refractivity contribution in [2.45, 2.75) is 50.7 Å². The van der Waals surface area contributed by atoms with Crippen LogP contribution in [0.1, 0.15) is 26.7 Å². The first-order valence-electron chi connectivity index (χ1n) is 5.25. The van der Waals surface area contributed by atoms with Crippen molar-refractivity contribution in [1.29, 1.82) is 0 Å². The fourth-order valence-electron chi connectivity index (χ4n) is 1.45. The highest BCUT2D eigenvalue weighted by atomic mass is 19.4. The minimum atomic E-state index is -5.39. The lowest BCUT2D eigenvalue weighted by atomic mass is 9.91. The molecule has 0 saturated carbocycles. The Morgan fingerprint density at radius 1 is 1.00 bits per heavy atom. The van der Waals surface area contributed by atoms with Crippen LogP contribution in [0.4, 0.5) is 26.3 Å². The summed E-state index contributed by atoms with van der Waals surface area (Å²) in [5.41, 5.74) is 4.25. The number of nitrogens with two attached hydrogens (primary N) is 1. The molecule has 0 aromatic carbocycles. The van der Waals surface area contributed by atoms with Gasteiger partial charge < -0.3 is 10.5 Å². The SMILES string of the molecule is COC(C)(C)CCC(N)C(C(F)(F)F)C(F)(F)F. The summed E-state index contributed by atoms with van der Waals surface area (Å²) in [4.78, 5) is 0. The molecule has 0 saturated heterocycles. The highest BCUT2D eigenvalue weighted by Gasteiger charge is 2.59. The number of hydrogen-bond acceptors (Lipinski definition) is 2. The maximum Gasteiger partial charge on any atom is 0.401 e. The topological polar surface area (TPSA) is 35.2 Å². The average molecular weight is 281 g/mol. The molecule has 0 aliphatic carbocycles. The standard InChI is InChI=1S/C10H17F6NO/c1-8(2,18-3)5-4-6(17)7(9(11,12)13)10(14,15)16/h6-7H,4-5,17H2,1-3H3. The van der Waals surface area contributed by atoms with Crippen molar-refractivity contribution < 1.29 is 31.1 Å². The van der Waals surface area contributed by atoms with Crippen molar-refractivity contribution in [3.05, 3.63) is 0 Å². The molecule has 0 fully saturated rings. The van der Waals surface area contributed by atoms with Crippen molar-refractivity contribution in [3.63, 3.8) is 0 Å². The van der Waals surface area contributed by atoms with Crippen molar-refractivity contribution >= 4 is 0 Å². The number of hydrogen-bond donors (Lipinski definition) is 1. The van der Waals surface area contributed by atoms with Crippen molar-refractivity contribution in [3.8, 4) is 0 Å². The molecule has 0 aromatic rings. The van der Waals surface area contributed by atoms with Gasteiger partial charge in [-0.2, -0.15) is 26.3 Å². The van der Waals surface area contributed by atoms with Crippen LogP contribution >= 0.6 is 0 Å². The second-order valence-corrected chi connectivity index (χ2v) is 4.73. The van der Waals surface area contributed by atoms with Gasteiger partial charge in [0, 0.05) is 13.2 Å². The predicted molar refractivity (Wildman–Crippen MR) is 53.9 cm³/mol. The van der Waals surface area contributed by atoms with Gasteiger partial charge in [-0.1, -0.05) is 0 Å². The van der Waals surface area contributed by atoms with Gasteiger partial charge in [0.2, 0.25) is 0 Å². The number of methoxy groups -OCH3 is 1. The van der Waals surface area contributed by atoms with Gasteiger partial charge in [0.05, 0.1) is 5.60 Å². The second-order valence-electron chi connectivity index (χ2n) is 4.73. The van der Waals surface area contributed by atoms with Crippen LogP contribution in [0, 0.1) is 5.92 Å². The Kier molecular flexibility index (Phi) is 5.49. The van der Waals surface area contributed by atoms with Crippen LogP contribution in [0.3, 0.4) is 0 Å². The molecular formula is C10H17F6NO. The van der Waals surface area contributed by atoms with Crippen LogP contribution in [0.2, 0.25) is 0 Å². The quantitative estimate of drug-likeness (QED) is 0.785. The molecule has 0 aliphatic heterocycles. The fourth-order valence-corrected chi connectivity index (χ4v) is 1.45. The van der Waals surface area contributed by atoms with E-state index in [9.17, 15) is 26.3 Å². The summed E-state index contributed by atoms with van der Waals surface area (Å²) in [6.07, 6.45) is -11.2. The third-order valence-corrected chi connectivity index (χ3v) is 2.77.